The van der Waals surface area contributed by atoms with Gasteiger partial charge in [-0.25, -0.2) is 0 Å². The number of carbonyl (C=O) groups is 2. The molecular formula is C28H31NO5S. The fourth-order valence-electron chi connectivity index (χ4n) is 4.30. The second-order valence-corrected chi connectivity index (χ2v) is 10.5. The average molecular weight is 494 g/mol. The minimum Gasteiger partial charge on any atom is -0.489 e. The topological polar surface area (TPSA) is 73.9 Å². The summed E-state index contributed by atoms with van der Waals surface area (Å²) in [5.41, 5.74) is 5.78. The molecule has 1 saturated heterocycles. The van der Waals surface area contributed by atoms with Crippen LogP contribution in [0.25, 0.3) is 6.08 Å². The van der Waals surface area contributed by atoms with Gasteiger partial charge in [0.1, 0.15) is 36.1 Å². The summed E-state index contributed by atoms with van der Waals surface area (Å²) in [6, 6.07) is 7.46. The second kappa shape index (κ2) is 9.82. The van der Waals surface area contributed by atoms with E-state index in [9.17, 15) is 9.59 Å². The van der Waals surface area contributed by atoms with Gasteiger partial charge in [0.15, 0.2) is 0 Å². The van der Waals surface area contributed by atoms with Crippen LogP contribution in [0.3, 0.4) is 0 Å². The third-order valence-corrected chi connectivity index (χ3v) is 7.18. The van der Waals surface area contributed by atoms with E-state index in [0.717, 1.165) is 63.9 Å². The number of carbonyl (C=O) groups excluding carboxylic acids is 2. The molecule has 2 heterocycles. The van der Waals surface area contributed by atoms with Crippen LogP contribution in [-0.2, 0) is 11.2 Å². The van der Waals surface area contributed by atoms with E-state index in [4.69, 9.17) is 14.2 Å². The van der Waals surface area contributed by atoms with E-state index in [1.165, 1.54) is 5.56 Å². The van der Waals surface area contributed by atoms with E-state index in [1.807, 2.05) is 31.2 Å². The highest BCUT2D eigenvalue weighted by Crippen LogP contribution is 2.44. The third kappa shape index (κ3) is 5.40. The Kier molecular flexibility index (Phi) is 6.99. The Morgan fingerprint density at radius 2 is 1.97 bits per heavy atom. The van der Waals surface area contributed by atoms with Crippen LogP contribution in [0.1, 0.15) is 48.1 Å². The summed E-state index contributed by atoms with van der Waals surface area (Å²) in [5, 5.41) is 1.91. The van der Waals surface area contributed by atoms with Crippen molar-refractivity contribution in [3.05, 3.63) is 69.1 Å². The van der Waals surface area contributed by atoms with Crippen molar-refractivity contribution in [3.63, 3.8) is 0 Å². The Labute approximate surface area is 210 Å². The smallest absolute Gasteiger partial charge is 0.290 e. The van der Waals surface area contributed by atoms with E-state index < -0.39 is 5.60 Å². The van der Waals surface area contributed by atoms with Gasteiger partial charge in [0.2, 0.25) is 0 Å². The Balaban J connectivity index is 1.49. The molecule has 35 heavy (non-hydrogen) atoms. The van der Waals surface area contributed by atoms with Gasteiger partial charge in [0, 0.05) is 5.56 Å². The van der Waals surface area contributed by atoms with Crippen molar-refractivity contribution in [2.75, 3.05) is 13.2 Å². The number of amides is 2. The molecule has 2 amide bonds. The number of benzene rings is 2. The molecule has 2 aromatic rings. The molecule has 0 bridgehead atoms. The number of ether oxygens (including phenoxy) is 3. The standard InChI is InChI=1S/C28H31NO5S/c1-16(2)14-32-24-17(3)18(4)25-22(19(24)5)10-11-28(6,34-25)15-33-21-9-7-8-20(12-21)13-23-26(30)29-27(31)35-23/h7-9,12-13H,1,10-11,14-15H2,2-6H3,(H,29,30,31)/b23-13+. The van der Waals surface area contributed by atoms with Gasteiger partial charge >= 0.3 is 0 Å². The molecule has 184 valence electrons. The molecule has 7 heteroatoms. The number of hydrogen-bond donors (Lipinski definition) is 1. The van der Waals surface area contributed by atoms with Gasteiger partial charge in [0.05, 0.1) is 4.91 Å². The van der Waals surface area contributed by atoms with Gasteiger partial charge in [-0.05, 0) is 105 Å². The van der Waals surface area contributed by atoms with Gasteiger partial charge in [-0.3, -0.25) is 14.9 Å². The van der Waals surface area contributed by atoms with Crippen LogP contribution in [0.15, 0.2) is 41.3 Å². The van der Waals surface area contributed by atoms with Crippen molar-refractivity contribution in [3.8, 4) is 17.2 Å². The molecule has 1 unspecified atom stereocenters. The molecule has 0 radical (unpaired) electrons. The molecule has 0 aliphatic carbocycles. The summed E-state index contributed by atoms with van der Waals surface area (Å²) < 4.78 is 18.8. The summed E-state index contributed by atoms with van der Waals surface area (Å²) >= 11 is 0.900. The number of hydrogen-bond acceptors (Lipinski definition) is 6. The highest BCUT2D eigenvalue weighted by molar-refractivity contribution is 8.18. The molecule has 2 aliphatic heterocycles. The molecule has 0 aromatic heterocycles. The predicted molar refractivity (Wildman–Crippen MR) is 139 cm³/mol. The summed E-state index contributed by atoms with van der Waals surface area (Å²) in [7, 11) is 0. The molecule has 1 fully saturated rings. The molecule has 1 atom stereocenters. The van der Waals surface area contributed by atoms with E-state index in [0.29, 0.717) is 23.9 Å². The molecule has 2 aliphatic rings. The lowest BCUT2D eigenvalue weighted by Gasteiger charge is -2.38. The van der Waals surface area contributed by atoms with Crippen molar-refractivity contribution < 1.29 is 23.8 Å². The van der Waals surface area contributed by atoms with Crippen LogP contribution in [0.4, 0.5) is 4.79 Å². The van der Waals surface area contributed by atoms with Crippen LogP contribution in [-0.4, -0.2) is 30.0 Å². The molecule has 2 aromatic carbocycles. The Hall–Kier alpha value is -3.19. The molecule has 1 N–H and O–H groups in total. The van der Waals surface area contributed by atoms with Crippen molar-refractivity contribution in [2.45, 2.75) is 53.1 Å². The van der Waals surface area contributed by atoms with E-state index in [1.54, 1.807) is 6.08 Å². The fourth-order valence-corrected chi connectivity index (χ4v) is 4.98. The first kappa shape index (κ1) is 24.9. The Morgan fingerprint density at radius 3 is 2.66 bits per heavy atom. The minimum absolute atomic E-state index is 0.355. The van der Waals surface area contributed by atoms with Crippen molar-refractivity contribution in [2.24, 2.45) is 0 Å². The van der Waals surface area contributed by atoms with Crippen molar-refractivity contribution in [1.82, 2.24) is 5.32 Å². The van der Waals surface area contributed by atoms with Crippen LogP contribution in [0.2, 0.25) is 0 Å². The summed E-state index contributed by atoms with van der Waals surface area (Å²) in [4.78, 5) is 23.6. The third-order valence-electron chi connectivity index (χ3n) is 6.37. The summed E-state index contributed by atoms with van der Waals surface area (Å²) in [5.74, 6) is 2.15. The van der Waals surface area contributed by atoms with E-state index in [-0.39, 0.29) is 11.1 Å². The normalized spacial score (nSPS) is 20.3. The number of imide groups is 1. The van der Waals surface area contributed by atoms with Gasteiger partial charge in [0.25, 0.3) is 11.1 Å². The lowest BCUT2D eigenvalue weighted by atomic mass is 9.87. The summed E-state index contributed by atoms with van der Waals surface area (Å²) in [6.07, 6.45) is 3.37. The predicted octanol–water partition coefficient (Wildman–Crippen LogP) is 6.05. The first-order valence-corrected chi connectivity index (χ1v) is 12.4. The monoisotopic (exact) mass is 493 g/mol. The van der Waals surface area contributed by atoms with Crippen LogP contribution in [0.5, 0.6) is 17.2 Å². The SMILES string of the molecule is C=C(C)COc1c(C)c(C)c2c(c1C)CCC(C)(COc1cccc(/C=C3/SC(=O)NC3=O)c1)O2. The van der Waals surface area contributed by atoms with E-state index >= 15 is 0 Å². The Morgan fingerprint density at radius 1 is 1.20 bits per heavy atom. The lowest BCUT2D eigenvalue weighted by molar-refractivity contribution is -0.115. The van der Waals surface area contributed by atoms with Gasteiger partial charge in [-0.2, -0.15) is 0 Å². The quantitative estimate of drug-likeness (QED) is 0.374. The second-order valence-electron chi connectivity index (χ2n) is 9.52. The van der Waals surface area contributed by atoms with Gasteiger partial charge in [-0.15, -0.1) is 0 Å². The first-order valence-electron chi connectivity index (χ1n) is 11.6. The molecule has 6 nitrogen and oxygen atoms in total. The van der Waals surface area contributed by atoms with Crippen molar-refractivity contribution >= 4 is 29.0 Å². The van der Waals surface area contributed by atoms with Gasteiger partial charge in [-0.1, -0.05) is 18.7 Å². The maximum absolute atomic E-state index is 11.8. The highest BCUT2D eigenvalue weighted by Gasteiger charge is 2.35. The number of rotatable bonds is 7. The number of nitrogens with one attached hydrogen (secondary N) is 1. The Bertz CT molecular complexity index is 1250. The average Bonchev–Trinajstić information content (AvgIpc) is 3.12. The molecule has 0 spiro atoms. The number of fused-ring (bicyclic) bond motifs is 1. The first-order chi connectivity index (χ1) is 16.6. The van der Waals surface area contributed by atoms with Crippen LogP contribution in [0, 0.1) is 20.8 Å². The largest absolute Gasteiger partial charge is 0.489 e. The maximum Gasteiger partial charge on any atom is 0.290 e. The minimum atomic E-state index is -0.487. The number of thioether (sulfide) groups is 1. The zero-order chi connectivity index (χ0) is 25.3. The zero-order valence-electron chi connectivity index (χ0n) is 20.9. The van der Waals surface area contributed by atoms with Crippen molar-refractivity contribution in [1.29, 1.82) is 0 Å². The molecule has 0 saturated carbocycles. The van der Waals surface area contributed by atoms with Crippen LogP contribution < -0.4 is 19.5 Å². The van der Waals surface area contributed by atoms with E-state index in [2.05, 4.69) is 39.6 Å². The summed E-state index contributed by atoms with van der Waals surface area (Å²) in [6.45, 7) is 15.1. The lowest BCUT2D eigenvalue weighted by Crippen LogP contribution is -2.42. The van der Waals surface area contributed by atoms with Gasteiger partial charge < -0.3 is 14.2 Å². The fraction of sp³-hybridized carbons (Fsp3) is 0.357. The molecular weight excluding hydrogens is 462 g/mol. The highest BCUT2D eigenvalue weighted by atomic mass is 32.2. The zero-order valence-corrected chi connectivity index (χ0v) is 21.7. The maximum atomic E-state index is 11.8. The van der Waals surface area contributed by atoms with Crippen LogP contribution >= 0.6 is 11.8 Å². The molecule has 4 rings (SSSR count).